The predicted octanol–water partition coefficient (Wildman–Crippen LogP) is 0.0369. The fourth-order valence-corrected chi connectivity index (χ4v) is 2.07. The Labute approximate surface area is 110 Å². The van der Waals surface area contributed by atoms with Crippen molar-refractivity contribution in [1.29, 1.82) is 0 Å². The molecule has 1 saturated heterocycles. The molecule has 7 nitrogen and oxygen atoms in total. The molecule has 2 unspecified atom stereocenters. The van der Waals surface area contributed by atoms with E-state index in [0.717, 1.165) is 17.1 Å². The van der Waals surface area contributed by atoms with Crippen LogP contribution in [-0.4, -0.2) is 25.0 Å². The smallest absolute Gasteiger partial charge is 0.330 e. The van der Waals surface area contributed by atoms with Gasteiger partial charge in [-0.15, -0.1) is 0 Å². The quantitative estimate of drug-likeness (QED) is 0.619. The first-order chi connectivity index (χ1) is 9.22. The third-order valence-electron chi connectivity index (χ3n) is 3.16. The zero-order valence-corrected chi connectivity index (χ0v) is 10.5. The van der Waals surface area contributed by atoms with Crippen LogP contribution in [0.1, 0.15) is 12.5 Å². The summed E-state index contributed by atoms with van der Waals surface area (Å²) in [7, 11) is 0. The fourth-order valence-electron chi connectivity index (χ4n) is 2.07. The number of carbonyl (C=O) groups is 1. The Morgan fingerprint density at radius 2 is 2.21 bits per heavy atom. The highest BCUT2D eigenvalue weighted by Crippen LogP contribution is 2.32. The van der Waals surface area contributed by atoms with E-state index in [9.17, 15) is 4.79 Å². The molecule has 1 fully saturated rings. The van der Waals surface area contributed by atoms with Crippen LogP contribution in [0, 0.1) is 0 Å². The van der Waals surface area contributed by atoms with Crippen molar-refractivity contribution in [3.05, 3.63) is 23.8 Å². The second-order valence-corrected chi connectivity index (χ2v) is 4.58. The van der Waals surface area contributed by atoms with Gasteiger partial charge in [-0.1, -0.05) is 6.07 Å². The van der Waals surface area contributed by atoms with E-state index in [1.54, 1.807) is 0 Å². The Kier molecular flexibility index (Phi) is 3.14. The molecule has 2 amide bonds. The highest BCUT2D eigenvalue weighted by Gasteiger charge is 2.24. The summed E-state index contributed by atoms with van der Waals surface area (Å²) in [6, 6.07) is 5.66. The first-order valence-electron chi connectivity index (χ1n) is 6.16. The molecule has 4 N–H and O–H groups in total. The Morgan fingerprint density at radius 3 is 3.11 bits per heavy atom. The topological polar surface area (TPSA) is 83.7 Å². The second-order valence-electron chi connectivity index (χ2n) is 4.58. The van der Waals surface area contributed by atoms with Gasteiger partial charge >= 0.3 is 6.03 Å². The van der Waals surface area contributed by atoms with Crippen LogP contribution in [0.2, 0.25) is 0 Å². The highest BCUT2D eigenvalue weighted by atomic mass is 16.7. The van der Waals surface area contributed by atoms with Gasteiger partial charge in [0.05, 0.1) is 12.2 Å². The van der Waals surface area contributed by atoms with Crippen LogP contribution in [0.15, 0.2) is 18.2 Å². The van der Waals surface area contributed by atoms with Crippen LogP contribution in [0.25, 0.3) is 0 Å². The maximum Gasteiger partial charge on any atom is 0.330 e. The molecule has 2 aliphatic rings. The van der Waals surface area contributed by atoms with Crippen LogP contribution in [0.4, 0.5) is 4.79 Å². The number of benzene rings is 1. The third-order valence-corrected chi connectivity index (χ3v) is 3.16. The lowest BCUT2D eigenvalue weighted by Gasteiger charge is -2.32. The number of hydrazine groups is 1. The van der Waals surface area contributed by atoms with E-state index >= 15 is 0 Å². The minimum atomic E-state index is -0.235. The maximum atomic E-state index is 11.2. The number of urea groups is 1. The van der Waals surface area contributed by atoms with Gasteiger partial charge in [-0.3, -0.25) is 10.7 Å². The minimum absolute atomic E-state index is 0.0895. The molecule has 0 aromatic heterocycles. The number of fused-ring (bicyclic) bond motifs is 1. The molecule has 0 spiro atoms. The summed E-state index contributed by atoms with van der Waals surface area (Å²) in [4.78, 5) is 11.2. The van der Waals surface area contributed by atoms with Crippen molar-refractivity contribution in [2.24, 2.45) is 0 Å². The minimum Gasteiger partial charge on any atom is -0.454 e. The SMILES string of the molecule is CC1NNC(=O)NC1NCc1ccc2c(c1)OCO2. The summed E-state index contributed by atoms with van der Waals surface area (Å²) < 4.78 is 10.6. The van der Waals surface area contributed by atoms with Gasteiger partial charge in [-0.05, 0) is 24.6 Å². The Balaban J connectivity index is 1.61. The zero-order chi connectivity index (χ0) is 13.2. The number of hydrogen-bond acceptors (Lipinski definition) is 5. The first-order valence-corrected chi connectivity index (χ1v) is 6.16. The summed E-state index contributed by atoms with van der Waals surface area (Å²) in [5.41, 5.74) is 6.48. The third kappa shape index (κ3) is 2.56. The molecular formula is C12H16N4O3. The van der Waals surface area contributed by atoms with E-state index in [1.807, 2.05) is 25.1 Å². The summed E-state index contributed by atoms with van der Waals surface area (Å²) in [5.74, 6) is 1.54. The van der Waals surface area contributed by atoms with E-state index in [0.29, 0.717) is 6.54 Å². The fraction of sp³-hybridized carbons (Fsp3) is 0.417. The van der Waals surface area contributed by atoms with E-state index < -0.39 is 0 Å². The van der Waals surface area contributed by atoms with Crippen molar-refractivity contribution in [2.45, 2.75) is 25.7 Å². The van der Waals surface area contributed by atoms with Gasteiger partial charge in [0.2, 0.25) is 6.79 Å². The summed E-state index contributed by atoms with van der Waals surface area (Å²) in [6.45, 7) is 2.88. The summed E-state index contributed by atoms with van der Waals surface area (Å²) >= 11 is 0. The zero-order valence-electron chi connectivity index (χ0n) is 10.5. The van der Waals surface area contributed by atoms with Crippen LogP contribution in [0.3, 0.4) is 0 Å². The highest BCUT2D eigenvalue weighted by molar-refractivity contribution is 5.74. The molecule has 1 aromatic rings. The van der Waals surface area contributed by atoms with Gasteiger partial charge in [0.1, 0.15) is 0 Å². The average Bonchev–Trinajstić information content (AvgIpc) is 2.87. The van der Waals surface area contributed by atoms with Gasteiger partial charge in [0.25, 0.3) is 0 Å². The van der Waals surface area contributed by atoms with Gasteiger partial charge in [0, 0.05) is 6.54 Å². The Hall–Kier alpha value is -1.99. The predicted molar refractivity (Wildman–Crippen MR) is 67.5 cm³/mol. The molecule has 2 heterocycles. The van der Waals surface area contributed by atoms with E-state index in [1.165, 1.54) is 0 Å². The van der Waals surface area contributed by atoms with Crippen LogP contribution >= 0.6 is 0 Å². The number of hydrogen-bond donors (Lipinski definition) is 4. The number of nitrogens with one attached hydrogen (secondary N) is 4. The molecule has 0 aliphatic carbocycles. The molecule has 0 bridgehead atoms. The summed E-state index contributed by atoms with van der Waals surface area (Å²) in [6.07, 6.45) is -0.126. The van der Waals surface area contributed by atoms with Crippen molar-refractivity contribution in [3.8, 4) is 11.5 Å². The maximum absolute atomic E-state index is 11.2. The molecule has 3 rings (SSSR count). The van der Waals surface area contributed by atoms with Crippen LogP contribution in [0.5, 0.6) is 11.5 Å². The number of amides is 2. The van der Waals surface area contributed by atoms with E-state index in [2.05, 4.69) is 21.5 Å². The van der Waals surface area contributed by atoms with Crippen LogP contribution < -0.4 is 31.0 Å². The van der Waals surface area contributed by atoms with Crippen molar-refractivity contribution in [2.75, 3.05) is 6.79 Å². The average molecular weight is 264 g/mol. The molecule has 1 aromatic carbocycles. The Morgan fingerprint density at radius 1 is 1.37 bits per heavy atom. The van der Waals surface area contributed by atoms with Crippen LogP contribution in [-0.2, 0) is 6.54 Å². The normalized spacial score (nSPS) is 24.8. The molecule has 0 radical (unpaired) electrons. The molecular weight excluding hydrogens is 248 g/mol. The van der Waals surface area contributed by atoms with Crippen molar-refractivity contribution in [3.63, 3.8) is 0 Å². The monoisotopic (exact) mass is 264 g/mol. The molecule has 19 heavy (non-hydrogen) atoms. The molecule has 2 aliphatic heterocycles. The molecule has 0 saturated carbocycles. The lowest BCUT2D eigenvalue weighted by atomic mass is 10.2. The molecule has 102 valence electrons. The lowest BCUT2D eigenvalue weighted by molar-refractivity contribution is 0.174. The molecule has 7 heteroatoms. The standard InChI is InChI=1S/C12H16N4O3/c1-7-11(14-12(17)16-15-7)13-5-8-2-3-9-10(4-8)19-6-18-9/h2-4,7,11,13,15H,5-6H2,1H3,(H2,14,16,17). The number of carbonyl (C=O) groups excluding carboxylic acids is 1. The van der Waals surface area contributed by atoms with Gasteiger partial charge in [-0.25, -0.2) is 10.2 Å². The largest absolute Gasteiger partial charge is 0.454 e. The van der Waals surface area contributed by atoms with E-state index in [-0.39, 0.29) is 25.0 Å². The Bertz CT molecular complexity index is 494. The molecule has 2 atom stereocenters. The van der Waals surface area contributed by atoms with Gasteiger partial charge in [0.15, 0.2) is 11.5 Å². The van der Waals surface area contributed by atoms with Gasteiger partial charge < -0.3 is 14.8 Å². The van der Waals surface area contributed by atoms with Gasteiger partial charge in [-0.2, -0.15) is 0 Å². The van der Waals surface area contributed by atoms with E-state index in [4.69, 9.17) is 9.47 Å². The number of rotatable bonds is 3. The van der Waals surface area contributed by atoms with Crippen molar-refractivity contribution >= 4 is 6.03 Å². The number of ether oxygens (including phenoxy) is 2. The second kappa shape index (κ2) is 4.94. The lowest BCUT2D eigenvalue weighted by Crippen LogP contribution is -2.67. The van der Waals surface area contributed by atoms with Crippen molar-refractivity contribution < 1.29 is 14.3 Å². The first kappa shape index (κ1) is 12.1. The summed E-state index contributed by atoms with van der Waals surface area (Å²) in [5, 5.41) is 6.09. The van der Waals surface area contributed by atoms with Crippen molar-refractivity contribution in [1.82, 2.24) is 21.5 Å².